The standard InChI is InChI=1S/C15H20N2O/c1-5-8-17(11(2)3)15-9-13(10-16)6-7-14(15)12(4)18/h5-7,9,11-12,18H,1,8H2,2-4H3. The highest BCUT2D eigenvalue weighted by Gasteiger charge is 2.16. The monoisotopic (exact) mass is 244 g/mol. The fourth-order valence-electron chi connectivity index (χ4n) is 1.94. The molecule has 0 spiro atoms. The lowest BCUT2D eigenvalue weighted by Crippen LogP contribution is -2.32. The number of anilines is 1. The fourth-order valence-corrected chi connectivity index (χ4v) is 1.94. The Morgan fingerprint density at radius 2 is 2.11 bits per heavy atom. The Hall–Kier alpha value is -1.79. The zero-order valence-electron chi connectivity index (χ0n) is 11.2. The van der Waals surface area contributed by atoms with Crippen LogP contribution in [0.1, 0.15) is 38.0 Å². The summed E-state index contributed by atoms with van der Waals surface area (Å²) in [5.74, 6) is 0. The lowest BCUT2D eigenvalue weighted by molar-refractivity contribution is 0.199. The van der Waals surface area contributed by atoms with Crippen LogP contribution < -0.4 is 4.90 Å². The maximum atomic E-state index is 9.83. The zero-order valence-corrected chi connectivity index (χ0v) is 11.2. The Morgan fingerprint density at radius 1 is 1.44 bits per heavy atom. The minimum Gasteiger partial charge on any atom is -0.389 e. The highest BCUT2D eigenvalue weighted by atomic mass is 16.3. The molecule has 0 bridgehead atoms. The summed E-state index contributed by atoms with van der Waals surface area (Å²) in [6.07, 6.45) is 1.27. The number of hydrogen-bond donors (Lipinski definition) is 1. The van der Waals surface area contributed by atoms with E-state index in [9.17, 15) is 5.11 Å². The Morgan fingerprint density at radius 3 is 2.56 bits per heavy atom. The van der Waals surface area contributed by atoms with Gasteiger partial charge in [-0.3, -0.25) is 0 Å². The smallest absolute Gasteiger partial charge is 0.0992 e. The molecule has 0 aromatic heterocycles. The molecule has 3 nitrogen and oxygen atoms in total. The Kier molecular flexibility index (Phi) is 4.94. The average molecular weight is 244 g/mol. The molecule has 1 N–H and O–H groups in total. The lowest BCUT2D eigenvalue weighted by Gasteiger charge is -2.30. The third kappa shape index (κ3) is 3.12. The second kappa shape index (κ2) is 6.23. The van der Waals surface area contributed by atoms with Crippen molar-refractivity contribution < 1.29 is 5.11 Å². The van der Waals surface area contributed by atoms with Crippen LogP contribution in [0.4, 0.5) is 5.69 Å². The maximum Gasteiger partial charge on any atom is 0.0992 e. The molecule has 1 aromatic carbocycles. The van der Waals surface area contributed by atoms with Crippen LogP contribution in [0.15, 0.2) is 30.9 Å². The molecule has 0 saturated carbocycles. The predicted octanol–water partition coefficient (Wildman–Crippen LogP) is 3.01. The van der Waals surface area contributed by atoms with Crippen LogP contribution in [-0.4, -0.2) is 17.7 Å². The van der Waals surface area contributed by atoms with Gasteiger partial charge in [-0.05, 0) is 32.9 Å². The first-order valence-corrected chi connectivity index (χ1v) is 6.11. The lowest BCUT2D eigenvalue weighted by atomic mass is 10.0. The van der Waals surface area contributed by atoms with E-state index in [-0.39, 0.29) is 6.04 Å². The van der Waals surface area contributed by atoms with Crippen LogP contribution in [0, 0.1) is 11.3 Å². The maximum absolute atomic E-state index is 9.83. The van der Waals surface area contributed by atoms with Crippen molar-refractivity contribution in [2.45, 2.75) is 32.9 Å². The molecule has 1 unspecified atom stereocenters. The summed E-state index contributed by atoms with van der Waals surface area (Å²) < 4.78 is 0. The SMILES string of the molecule is C=CCN(c1cc(C#N)ccc1C(C)O)C(C)C. The molecular formula is C15H20N2O. The van der Waals surface area contributed by atoms with E-state index in [4.69, 9.17) is 5.26 Å². The van der Waals surface area contributed by atoms with Crippen molar-refractivity contribution in [3.05, 3.63) is 42.0 Å². The molecule has 0 heterocycles. The van der Waals surface area contributed by atoms with Crippen LogP contribution in [0.2, 0.25) is 0 Å². The Labute approximate surface area is 109 Å². The molecule has 0 saturated heterocycles. The number of nitriles is 1. The van der Waals surface area contributed by atoms with E-state index in [1.807, 2.05) is 18.2 Å². The topological polar surface area (TPSA) is 47.3 Å². The summed E-state index contributed by atoms with van der Waals surface area (Å²) in [5.41, 5.74) is 2.34. The molecule has 0 amide bonds. The van der Waals surface area contributed by atoms with Crippen molar-refractivity contribution in [3.63, 3.8) is 0 Å². The normalized spacial score (nSPS) is 12.0. The molecule has 0 aliphatic carbocycles. The van der Waals surface area contributed by atoms with E-state index in [0.29, 0.717) is 12.1 Å². The van der Waals surface area contributed by atoms with E-state index in [1.54, 1.807) is 13.0 Å². The van der Waals surface area contributed by atoms with Gasteiger partial charge in [-0.2, -0.15) is 5.26 Å². The minimum absolute atomic E-state index is 0.273. The summed E-state index contributed by atoms with van der Waals surface area (Å²) in [5, 5.41) is 18.8. The van der Waals surface area contributed by atoms with Crippen LogP contribution in [0.5, 0.6) is 0 Å². The summed E-state index contributed by atoms with van der Waals surface area (Å²) in [6.45, 7) is 10.3. The van der Waals surface area contributed by atoms with Gasteiger partial charge >= 0.3 is 0 Å². The van der Waals surface area contributed by atoms with Crippen LogP contribution in [-0.2, 0) is 0 Å². The molecule has 0 aliphatic heterocycles. The first-order chi connectivity index (χ1) is 8.51. The van der Waals surface area contributed by atoms with E-state index in [1.165, 1.54) is 0 Å². The number of aliphatic hydroxyl groups is 1. The van der Waals surface area contributed by atoms with Gasteiger partial charge in [0.05, 0.1) is 17.7 Å². The van der Waals surface area contributed by atoms with E-state index in [0.717, 1.165) is 11.3 Å². The molecular weight excluding hydrogens is 224 g/mol. The van der Waals surface area contributed by atoms with Gasteiger partial charge in [0, 0.05) is 23.8 Å². The highest BCUT2D eigenvalue weighted by Crippen LogP contribution is 2.29. The van der Waals surface area contributed by atoms with Crippen LogP contribution >= 0.6 is 0 Å². The predicted molar refractivity (Wildman–Crippen MR) is 74.5 cm³/mol. The molecule has 0 radical (unpaired) electrons. The summed E-state index contributed by atoms with van der Waals surface area (Å²) in [4.78, 5) is 2.12. The van der Waals surface area contributed by atoms with E-state index in [2.05, 4.69) is 31.4 Å². The molecule has 0 aliphatic rings. The van der Waals surface area contributed by atoms with Crippen molar-refractivity contribution >= 4 is 5.69 Å². The van der Waals surface area contributed by atoms with Gasteiger partial charge in [-0.15, -0.1) is 6.58 Å². The average Bonchev–Trinajstić information content (AvgIpc) is 2.34. The summed E-state index contributed by atoms with van der Waals surface area (Å²) >= 11 is 0. The van der Waals surface area contributed by atoms with Gasteiger partial charge < -0.3 is 10.0 Å². The Balaban J connectivity index is 3.32. The van der Waals surface area contributed by atoms with Gasteiger partial charge in [0.25, 0.3) is 0 Å². The van der Waals surface area contributed by atoms with Crippen molar-refractivity contribution in [1.29, 1.82) is 5.26 Å². The van der Waals surface area contributed by atoms with Crippen LogP contribution in [0.3, 0.4) is 0 Å². The first kappa shape index (κ1) is 14.3. The zero-order chi connectivity index (χ0) is 13.7. The Bertz CT molecular complexity index is 458. The van der Waals surface area contributed by atoms with E-state index < -0.39 is 6.10 Å². The van der Waals surface area contributed by atoms with Gasteiger partial charge in [0.2, 0.25) is 0 Å². The van der Waals surface area contributed by atoms with Crippen molar-refractivity contribution in [2.24, 2.45) is 0 Å². The molecule has 3 heteroatoms. The quantitative estimate of drug-likeness (QED) is 0.810. The van der Waals surface area contributed by atoms with Gasteiger partial charge in [0.1, 0.15) is 0 Å². The third-order valence-corrected chi connectivity index (χ3v) is 2.87. The van der Waals surface area contributed by atoms with E-state index >= 15 is 0 Å². The fraction of sp³-hybridized carbons (Fsp3) is 0.400. The minimum atomic E-state index is -0.557. The number of nitrogens with zero attached hydrogens (tertiary/aromatic N) is 2. The third-order valence-electron chi connectivity index (χ3n) is 2.87. The molecule has 18 heavy (non-hydrogen) atoms. The summed E-state index contributed by atoms with van der Waals surface area (Å²) in [6, 6.07) is 7.78. The van der Waals surface area contributed by atoms with Gasteiger partial charge in [-0.25, -0.2) is 0 Å². The molecule has 1 aromatic rings. The van der Waals surface area contributed by atoms with Crippen LogP contribution in [0.25, 0.3) is 0 Å². The number of hydrogen-bond acceptors (Lipinski definition) is 3. The van der Waals surface area contributed by atoms with Crippen molar-refractivity contribution in [1.82, 2.24) is 0 Å². The number of benzene rings is 1. The molecule has 1 rings (SSSR count). The second-order valence-electron chi connectivity index (χ2n) is 4.60. The van der Waals surface area contributed by atoms with Crippen molar-refractivity contribution in [3.8, 4) is 6.07 Å². The molecule has 0 fully saturated rings. The number of aliphatic hydroxyl groups excluding tert-OH is 1. The van der Waals surface area contributed by atoms with Crippen molar-refractivity contribution in [2.75, 3.05) is 11.4 Å². The van der Waals surface area contributed by atoms with Gasteiger partial charge in [-0.1, -0.05) is 12.1 Å². The number of rotatable bonds is 5. The second-order valence-corrected chi connectivity index (χ2v) is 4.60. The molecule has 1 atom stereocenters. The molecule has 96 valence electrons. The van der Waals surface area contributed by atoms with Gasteiger partial charge in [0.15, 0.2) is 0 Å². The summed E-state index contributed by atoms with van der Waals surface area (Å²) in [7, 11) is 0. The first-order valence-electron chi connectivity index (χ1n) is 6.11. The highest BCUT2D eigenvalue weighted by molar-refractivity contribution is 5.59. The largest absolute Gasteiger partial charge is 0.389 e.